The fourth-order valence-electron chi connectivity index (χ4n) is 0.977. The number of rotatable bonds is 2. The Hall–Kier alpha value is -1.15. The van der Waals surface area contributed by atoms with Gasteiger partial charge in [0.25, 0.3) is 0 Å². The molecule has 0 aromatic carbocycles. The molecule has 1 aromatic heterocycles. The van der Waals surface area contributed by atoms with E-state index in [9.17, 15) is 21.6 Å². The van der Waals surface area contributed by atoms with Crippen LogP contribution in [-0.2, 0) is 9.84 Å². The number of pyridine rings is 1. The van der Waals surface area contributed by atoms with Crippen molar-refractivity contribution in [2.45, 2.75) is 17.2 Å². The summed E-state index contributed by atoms with van der Waals surface area (Å²) in [6.45, 7) is 0. The normalized spacial score (nSPS) is 14.8. The number of sulfone groups is 1. The standard InChI is InChI=1S/C8H8F3NO3S/c1-16(14,15)6-2-5(3-12-4-6)7(13)8(9,10)11/h2-4,7,13H,1H3. The van der Waals surface area contributed by atoms with Crippen molar-refractivity contribution in [1.82, 2.24) is 4.98 Å². The fraction of sp³-hybridized carbons (Fsp3) is 0.375. The zero-order chi connectivity index (χ0) is 12.6. The lowest BCUT2D eigenvalue weighted by Gasteiger charge is -2.14. The summed E-state index contributed by atoms with van der Waals surface area (Å²) >= 11 is 0. The maximum Gasteiger partial charge on any atom is 0.418 e. The molecule has 0 saturated heterocycles. The molecule has 1 rings (SSSR count). The molecule has 1 unspecified atom stereocenters. The highest BCUT2D eigenvalue weighted by atomic mass is 32.2. The van der Waals surface area contributed by atoms with E-state index in [1.54, 1.807) is 0 Å². The SMILES string of the molecule is CS(=O)(=O)c1cncc(C(O)C(F)(F)F)c1. The monoisotopic (exact) mass is 255 g/mol. The minimum atomic E-state index is -4.85. The van der Waals surface area contributed by atoms with Gasteiger partial charge in [-0.05, 0) is 6.07 Å². The molecule has 16 heavy (non-hydrogen) atoms. The molecule has 1 N–H and O–H groups in total. The zero-order valence-electron chi connectivity index (χ0n) is 8.06. The van der Waals surface area contributed by atoms with Gasteiger partial charge in [-0.3, -0.25) is 4.98 Å². The van der Waals surface area contributed by atoms with Crippen molar-refractivity contribution in [1.29, 1.82) is 0 Å². The van der Waals surface area contributed by atoms with Gasteiger partial charge in [0.05, 0.1) is 4.90 Å². The molecule has 1 heterocycles. The van der Waals surface area contributed by atoms with Crippen LogP contribution in [0.1, 0.15) is 11.7 Å². The minimum absolute atomic E-state index is 0.367. The summed E-state index contributed by atoms with van der Waals surface area (Å²) in [5.74, 6) is 0. The van der Waals surface area contributed by atoms with Gasteiger partial charge < -0.3 is 5.11 Å². The van der Waals surface area contributed by atoms with E-state index >= 15 is 0 Å². The van der Waals surface area contributed by atoms with Gasteiger partial charge in [-0.25, -0.2) is 8.42 Å². The molecule has 8 heteroatoms. The minimum Gasteiger partial charge on any atom is -0.379 e. The Kier molecular flexibility index (Phi) is 3.25. The summed E-state index contributed by atoms with van der Waals surface area (Å²) in [4.78, 5) is 2.98. The Morgan fingerprint density at radius 3 is 2.38 bits per heavy atom. The Bertz CT molecular complexity index is 484. The van der Waals surface area contributed by atoms with Crippen LogP contribution in [0, 0.1) is 0 Å². The van der Waals surface area contributed by atoms with E-state index in [0.717, 1.165) is 24.7 Å². The number of aromatic nitrogens is 1. The molecule has 0 bridgehead atoms. The molecule has 0 fully saturated rings. The Morgan fingerprint density at radius 1 is 1.38 bits per heavy atom. The van der Waals surface area contributed by atoms with Crippen LogP contribution >= 0.6 is 0 Å². The maximum absolute atomic E-state index is 12.1. The average molecular weight is 255 g/mol. The molecule has 0 radical (unpaired) electrons. The first-order chi connectivity index (χ1) is 7.12. The van der Waals surface area contributed by atoms with Crippen LogP contribution in [0.25, 0.3) is 0 Å². The van der Waals surface area contributed by atoms with Crippen molar-refractivity contribution < 1.29 is 26.7 Å². The van der Waals surface area contributed by atoms with Gasteiger partial charge in [0, 0.05) is 24.2 Å². The van der Waals surface area contributed by atoms with Gasteiger partial charge in [-0.1, -0.05) is 0 Å². The number of aliphatic hydroxyl groups is 1. The van der Waals surface area contributed by atoms with Gasteiger partial charge in [0.2, 0.25) is 0 Å². The molecule has 0 saturated carbocycles. The lowest BCUT2D eigenvalue weighted by molar-refractivity contribution is -0.206. The average Bonchev–Trinajstić information content (AvgIpc) is 2.14. The number of halogens is 3. The van der Waals surface area contributed by atoms with Gasteiger partial charge >= 0.3 is 6.18 Å². The summed E-state index contributed by atoms with van der Waals surface area (Å²) in [5.41, 5.74) is -0.601. The Labute approximate surface area is 89.7 Å². The van der Waals surface area contributed by atoms with Crippen molar-refractivity contribution in [3.63, 3.8) is 0 Å². The van der Waals surface area contributed by atoms with E-state index in [0.29, 0.717) is 0 Å². The van der Waals surface area contributed by atoms with Crippen LogP contribution in [-0.4, -0.2) is 30.9 Å². The van der Waals surface area contributed by atoms with Gasteiger partial charge in [0.1, 0.15) is 0 Å². The highest BCUT2D eigenvalue weighted by Crippen LogP contribution is 2.32. The van der Waals surface area contributed by atoms with E-state index in [-0.39, 0.29) is 4.90 Å². The summed E-state index contributed by atoms with van der Waals surface area (Å²) in [7, 11) is -3.65. The molecule has 1 atom stereocenters. The first-order valence-electron chi connectivity index (χ1n) is 4.02. The van der Waals surface area contributed by atoms with Crippen LogP contribution < -0.4 is 0 Å². The number of hydrogen-bond donors (Lipinski definition) is 1. The molecule has 0 spiro atoms. The molecule has 0 aliphatic carbocycles. The Morgan fingerprint density at radius 2 is 1.94 bits per heavy atom. The number of aliphatic hydroxyl groups excluding tert-OH is 1. The van der Waals surface area contributed by atoms with Crippen molar-refractivity contribution in [2.24, 2.45) is 0 Å². The summed E-state index contributed by atoms with van der Waals surface area (Å²) < 4.78 is 58.5. The van der Waals surface area contributed by atoms with Crippen LogP contribution in [0.4, 0.5) is 13.2 Å². The molecule has 0 amide bonds. The molecule has 4 nitrogen and oxygen atoms in total. The van der Waals surface area contributed by atoms with E-state index in [1.165, 1.54) is 0 Å². The molecule has 1 aromatic rings. The van der Waals surface area contributed by atoms with Gasteiger partial charge in [-0.15, -0.1) is 0 Å². The second kappa shape index (κ2) is 4.02. The third-order valence-corrected chi connectivity index (χ3v) is 2.87. The first-order valence-corrected chi connectivity index (χ1v) is 5.91. The largest absolute Gasteiger partial charge is 0.418 e. The second-order valence-electron chi connectivity index (χ2n) is 3.17. The molecule has 0 aliphatic rings. The van der Waals surface area contributed by atoms with E-state index < -0.39 is 27.7 Å². The van der Waals surface area contributed by atoms with Gasteiger partial charge in [-0.2, -0.15) is 13.2 Å². The lowest BCUT2D eigenvalue weighted by atomic mass is 10.1. The number of alkyl halides is 3. The number of hydrogen-bond acceptors (Lipinski definition) is 4. The lowest BCUT2D eigenvalue weighted by Crippen LogP contribution is -2.20. The third kappa shape index (κ3) is 2.92. The second-order valence-corrected chi connectivity index (χ2v) is 5.19. The third-order valence-electron chi connectivity index (χ3n) is 1.79. The first kappa shape index (κ1) is 12.9. The summed E-state index contributed by atoms with van der Waals surface area (Å²) in [6, 6.07) is 0.750. The predicted octanol–water partition coefficient (Wildman–Crippen LogP) is 1.08. The highest BCUT2D eigenvalue weighted by Gasteiger charge is 2.39. The van der Waals surface area contributed by atoms with Crippen LogP contribution in [0.15, 0.2) is 23.4 Å². The molecule has 90 valence electrons. The van der Waals surface area contributed by atoms with Crippen molar-refractivity contribution in [2.75, 3.05) is 6.26 Å². The van der Waals surface area contributed by atoms with Crippen LogP contribution in [0.5, 0.6) is 0 Å². The molecule has 0 aliphatic heterocycles. The van der Waals surface area contributed by atoms with Crippen molar-refractivity contribution in [3.05, 3.63) is 24.0 Å². The number of nitrogens with zero attached hydrogens (tertiary/aromatic N) is 1. The smallest absolute Gasteiger partial charge is 0.379 e. The van der Waals surface area contributed by atoms with Crippen LogP contribution in [0.3, 0.4) is 0 Å². The van der Waals surface area contributed by atoms with Crippen LogP contribution in [0.2, 0.25) is 0 Å². The maximum atomic E-state index is 12.1. The van der Waals surface area contributed by atoms with Gasteiger partial charge in [0.15, 0.2) is 15.9 Å². The Balaban J connectivity index is 3.19. The highest BCUT2D eigenvalue weighted by molar-refractivity contribution is 7.90. The molecular weight excluding hydrogens is 247 g/mol. The zero-order valence-corrected chi connectivity index (χ0v) is 8.88. The summed E-state index contributed by atoms with van der Waals surface area (Å²) in [5, 5.41) is 8.89. The summed E-state index contributed by atoms with van der Waals surface area (Å²) in [6.07, 6.45) is -5.05. The molecular formula is C8H8F3NO3S. The fourth-order valence-corrected chi connectivity index (χ4v) is 1.58. The van der Waals surface area contributed by atoms with E-state index in [1.807, 2.05) is 0 Å². The van der Waals surface area contributed by atoms with E-state index in [4.69, 9.17) is 5.11 Å². The predicted molar refractivity (Wildman–Crippen MR) is 48.4 cm³/mol. The van der Waals surface area contributed by atoms with Crippen molar-refractivity contribution >= 4 is 9.84 Å². The van der Waals surface area contributed by atoms with E-state index in [2.05, 4.69) is 4.98 Å². The van der Waals surface area contributed by atoms with Crippen molar-refractivity contribution in [3.8, 4) is 0 Å². The topological polar surface area (TPSA) is 67.3 Å². The quantitative estimate of drug-likeness (QED) is 0.858.